The number of nitrogens with zero attached hydrogens (tertiary/aromatic N) is 3. The lowest BCUT2D eigenvalue weighted by atomic mass is 10.0. The summed E-state index contributed by atoms with van der Waals surface area (Å²) in [5.74, 6) is -0.0904. The van der Waals surface area contributed by atoms with Gasteiger partial charge >= 0.3 is 6.18 Å². The van der Waals surface area contributed by atoms with Gasteiger partial charge in [0.25, 0.3) is 5.91 Å². The second-order valence-corrected chi connectivity index (χ2v) is 5.11. The predicted octanol–water partition coefficient (Wildman–Crippen LogP) is 2.10. The molecule has 2 heterocycles. The van der Waals surface area contributed by atoms with Crippen LogP contribution in [-0.4, -0.2) is 46.9 Å². The molecule has 0 aromatic carbocycles. The van der Waals surface area contributed by atoms with Crippen molar-refractivity contribution in [1.29, 1.82) is 0 Å². The van der Waals surface area contributed by atoms with Crippen LogP contribution >= 0.6 is 0 Å². The first-order valence-corrected chi connectivity index (χ1v) is 6.77. The highest BCUT2D eigenvalue weighted by atomic mass is 19.4. The third-order valence-electron chi connectivity index (χ3n) is 3.75. The quantitative estimate of drug-likeness (QED) is 0.859. The topological polar surface area (TPSA) is 47.4 Å². The molecule has 0 radical (unpaired) electrons. The minimum Gasteiger partial charge on any atom is -0.372 e. The number of methoxy groups -OCH3 is 1. The van der Waals surface area contributed by atoms with Crippen LogP contribution in [-0.2, 0) is 15.7 Å². The maximum Gasteiger partial charge on any atom is 0.435 e. The molecule has 0 spiro atoms. The van der Waals surface area contributed by atoms with Crippen molar-refractivity contribution < 1.29 is 22.7 Å². The monoisotopic (exact) mass is 305 g/mol. The van der Waals surface area contributed by atoms with E-state index >= 15 is 0 Å². The van der Waals surface area contributed by atoms with Gasteiger partial charge in [-0.3, -0.25) is 9.48 Å². The number of hydrogen-bond donors (Lipinski definition) is 0. The second kappa shape index (κ2) is 6.05. The standard InChI is InChI=1S/C13H18F3N3O2/c1-9(21-2)12(20)18-6-3-10(4-7-18)19-8-5-11(17-19)13(14,15)16/h5,8-10H,3-4,6-7H2,1-2H3/t9-/m1/s1. The molecule has 0 saturated carbocycles. The molecule has 0 aliphatic carbocycles. The fourth-order valence-corrected chi connectivity index (χ4v) is 2.40. The van der Waals surface area contributed by atoms with Crippen LogP contribution in [0.25, 0.3) is 0 Å². The molecule has 21 heavy (non-hydrogen) atoms. The summed E-state index contributed by atoms with van der Waals surface area (Å²) in [4.78, 5) is 13.6. The zero-order chi connectivity index (χ0) is 15.6. The molecular formula is C13H18F3N3O2. The van der Waals surface area contributed by atoms with Crippen molar-refractivity contribution in [2.24, 2.45) is 0 Å². The van der Waals surface area contributed by atoms with E-state index in [1.54, 1.807) is 11.8 Å². The van der Waals surface area contributed by atoms with Gasteiger partial charge < -0.3 is 9.64 Å². The number of alkyl halides is 3. The van der Waals surface area contributed by atoms with Crippen LogP contribution in [0.2, 0.25) is 0 Å². The summed E-state index contributed by atoms with van der Waals surface area (Å²) in [5, 5.41) is 3.59. The first kappa shape index (κ1) is 15.8. The second-order valence-electron chi connectivity index (χ2n) is 5.11. The molecule has 1 aliphatic rings. The first-order valence-electron chi connectivity index (χ1n) is 6.77. The van der Waals surface area contributed by atoms with Crippen molar-refractivity contribution in [3.8, 4) is 0 Å². The van der Waals surface area contributed by atoms with Gasteiger partial charge in [-0.15, -0.1) is 0 Å². The summed E-state index contributed by atoms with van der Waals surface area (Å²) in [7, 11) is 1.47. The zero-order valence-corrected chi connectivity index (χ0v) is 11.9. The zero-order valence-electron chi connectivity index (χ0n) is 11.9. The van der Waals surface area contributed by atoms with E-state index in [2.05, 4.69) is 5.10 Å². The highest BCUT2D eigenvalue weighted by molar-refractivity contribution is 5.80. The minimum atomic E-state index is -4.42. The van der Waals surface area contributed by atoms with E-state index in [4.69, 9.17) is 4.74 Å². The molecule has 1 aromatic heterocycles. The highest BCUT2D eigenvalue weighted by Crippen LogP contribution is 2.29. The Bertz CT molecular complexity index is 493. The molecule has 1 aliphatic heterocycles. The summed E-state index contributed by atoms with van der Waals surface area (Å²) in [6.45, 7) is 2.67. The fraction of sp³-hybridized carbons (Fsp3) is 0.692. The minimum absolute atomic E-state index is 0.0904. The van der Waals surface area contributed by atoms with Gasteiger partial charge in [0.15, 0.2) is 5.69 Å². The van der Waals surface area contributed by atoms with Crippen LogP contribution in [0.15, 0.2) is 12.3 Å². The van der Waals surface area contributed by atoms with E-state index in [1.807, 2.05) is 0 Å². The van der Waals surface area contributed by atoms with Crippen molar-refractivity contribution in [2.75, 3.05) is 20.2 Å². The molecule has 1 amide bonds. The number of rotatable bonds is 3. The maximum atomic E-state index is 12.5. The Morgan fingerprint density at radius 1 is 1.43 bits per heavy atom. The molecule has 2 rings (SSSR count). The average Bonchev–Trinajstić information content (AvgIpc) is 2.95. The Labute approximate surface area is 120 Å². The number of halogens is 3. The first-order chi connectivity index (χ1) is 9.82. The smallest absolute Gasteiger partial charge is 0.372 e. The molecule has 0 bridgehead atoms. The van der Waals surface area contributed by atoms with Crippen LogP contribution in [0.5, 0.6) is 0 Å². The van der Waals surface area contributed by atoms with Crippen molar-refractivity contribution >= 4 is 5.91 Å². The van der Waals surface area contributed by atoms with Crippen LogP contribution in [0, 0.1) is 0 Å². The van der Waals surface area contributed by atoms with Crippen molar-refractivity contribution in [2.45, 2.75) is 38.1 Å². The predicted molar refractivity (Wildman–Crippen MR) is 68.6 cm³/mol. The number of ether oxygens (including phenoxy) is 1. The molecule has 1 fully saturated rings. The SMILES string of the molecule is CO[C@H](C)C(=O)N1CCC(n2ccc(C(F)(F)F)n2)CC1. The Kier molecular flexibility index (Phi) is 4.55. The summed E-state index contributed by atoms with van der Waals surface area (Å²) in [6.07, 6.45) is -2.40. The van der Waals surface area contributed by atoms with Crippen molar-refractivity contribution in [3.63, 3.8) is 0 Å². The Morgan fingerprint density at radius 2 is 2.05 bits per heavy atom. The summed E-state index contributed by atoms with van der Waals surface area (Å²) >= 11 is 0. The highest BCUT2D eigenvalue weighted by Gasteiger charge is 2.34. The lowest BCUT2D eigenvalue weighted by molar-refractivity contribution is -0.142. The van der Waals surface area contributed by atoms with Gasteiger partial charge in [-0.05, 0) is 25.8 Å². The number of likely N-dealkylation sites (tertiary alicyclic amines) is 1. The van der Waals surface area contributed by atoms with Gasteiger partial charge in [0.1, 0.15) is 6.10 Å². The van der Waals surface area contributed by atoms with E-state index in [0.29, 0.717) is 25.9 Å². The van der Waals surface area contributed by atoms with Crippen LogP contribution in [0.3, 0.4) is 0 Å². The summed E-state index contributed by atoms with van der Waals surface area (Å²) in [5.41, 5.74) is -0.881. The number of aromatic nitrogens is 2. The number of carbonyl (C=O) groups excluding carboxylic acids is 1. The van der Waals surface area contributed by atoms with Crippen LogP contribution < -0.4 is 0 Å². The lowest BCUT2D eigenvalue weighted by Crippen LogP contribution is -2.43. The van der Waals surface area contributed by atoms with Crippen LogP contribution in [0.1, 0.15) is 31.5 Å². The lowest BCUT2D eigenvalue weighted by Gasteiger charge is -2.33. The normalized spacial score (nSPS) is 18.8. The van der Waals surface area contributed by atoms with Crippen molar-refractivity contribution in [3.05, 3.63) is 18.0 Å². The van der Waals surface area contributed by atoms with E-state index < -0.39 is 18.0 Å². The van der Waals surface area contributed by atoms with Crippen LogP contribution in [0.4, 0.5) is 13.2 Å². The van der Waals surface area contributed by atoms with Gasteiger partial charge in [-0.2, -0.15) is 18.3 Å². The molecule has 1 atom stereocenters. The van der Waals surface area contributed by atoms with E-state index in [1.165, 1.54) is 18.0 Å². The van der Waals surface area contributed by atoms with Gasteiger partial charge in [0.05, 0.1) is 6.04 Å². The molecule has 1 saturated heterocycles. The van der Waals surface area contributed by atoms with Crippen molar-refractivity contribution in [1.82, 2.24) is 14.7 Å². The molecule has 8 heteroatoms. The maximum absolute atomic E-state index is 12.5. The number of carbonyl (C=O) groups is 1. The third-order valence-corrected chi connectivity index (χ3v) is 3.75. The summed E-state index contributed by atoms with van der Waals surface area (Å²) < 4.78 is 43.9. The molecule has 0 N–H and O–H groups in total. The Balaban J connectivity index is 1.95. The molecule has 5 nitrogen and oxygen atoms in total. The molecule has 1 aromatic rings. The fourth-order valence-electron chi connectivity index (χ4n) is 2.40. The number of hydrogen-bond acceptors (Lipinski definition) is 3. The molecule has 118 valence electrons. The molecular weight excluding hydrogens is 287 g/mol. The summed E-state index contributed by atoms with van der Waals surface area (Å²) in [6, 6.07) is 0.868. The molecule has 0 unspecified atom stereocenters. The Morgan fingerprint density at radius 3 is 2.52 bits per heavy atom. The van der Waals surface area contributed by atoms with Gasteiger partial charge in [-0.25, -0.2) is 0 Å². The largest absolute Gasteiger partial charge is 0.435 e. The van der Waals surface area contributed by atoms with E-state index in [0.717, 1.165) is 6.07 Å². The van der Waals surface area contributed by atoms with Gasteiger partial charge in [-0.1, -0.05) is 0 Å². The number of amides is 1. The van der Waals surface area contributed by atoms with E-state index in [-0.39, 0.29) is 11.9 Å². The Hall–Kier alpha value is -1.57. The van der Waals surface area contributed by atoms with E-state index in [9.17, 15) is 18.0 Å². The van der Waals surface area contributed by atoms with Gasteiger partial charge in [0, 0.05) is 26.4 Å². The number of piperidine rings is 1. The third kappa shape index (κ3) is 3.55. The van der Waals surface area contributed by atoms with Gasteiger partial charge in [0.2, 0.25) is 0 Å². The average molecular weight is 305 g/mol.